The van der Waals surface area contributed by atoms with Gasteiger partial charge in [0.2, 0.25) is 0 Å². The van der Waals surface area contributed by atoms with Crippen LogP contribution in [0.3, 0.4) is 0 Å². The predicted molar refractivity (Wildman–Crippen MR) is 87.2 cm³/mol. The average molecular weight is 338 g/mol. The molecule has 2 N–H and O–H groups in total. The Morgan fingerprint density at radius 3 is 2.43 bits per heavy atom. The number of benzene rings is 2. The Hall–Kier alpha value is -2.41. The van der Waals surface area contributed by atoms with E-state index in [-0.39, 0.29) is 12.3 Å². The van der Waals surface area contributed by atoms with Crippen molar-refractivity contribution < 1.29 is 17.9 Å². The Labute approximate surface area is 136 Å². The maximum atomic E-state index is 12.6. The van der Waals surface area contributed by atoms with E-state index in [0.717, 1.165) is 17.7 Å². The Balaban J connectivity index is 2.06. The molecule has 0 fully saturated rings. The van der Waals surface area contributed by atoms with Crippen LogP contribution < -0.4 is 10.5 Å². The SMILES string of the molecule is NC(=S)CN=Cc1ccc(Oc2cccc(C(F)(F)F)c2)cc1. The minimum absolute atomic E-state index is 0.120. The number of thiocarbonyl (C=S) groups is 1. The number of hydrogen-bond acceptors (Lipinski definition) is 3. The molecule has 0 heterocycles. The minimum atomic E-state index is -4.40. The second-order valence-corrected chi connectivity index (χ2v) is 5.16. The molecule has 120 valence electrons. The van der Waals surface area contributed by atoms with Gasteiger partial charge < -0.3 is 10.5 Å². The normalized spacial score (nSPS) is 11.6. The molecule has 0 aliphatic carbocycles. The van der Waals surface area contributed by atoms with Crippen LogP contribution in [0.5, 0.6) is 11.5 Å². The van der Waals surface area contributed by atoms with E-state index in [4.69, 9.17) is 22.7 Å². The van der Waals surface area contributed by atoms with Crippen LogP contribution in [0, 0.1) is 0 Å². The summed E-state index contributed by atoms with van der Waals surface area (Å²) in [6, 6.07) is 11.5. The molecule has 0 amide bonds. The molecule has 0 bridgehead atoms. The maximum Gasteiger partial charge on any atom is 0.416 e. The van der Waals surface area contributed by atoms with E-state index >= 15 is 0 Å². The minimum Gasteiger partial charge on any atom is -0.457 e. The van der Waals surface area contributed by atoms with Crippen LogP contribution in [0.25, 0.3) is 0 Å². The fourth-order valence-electron chi connectivity index (χ4n) is 1.73. The van der Waals surface area contributed by atoms with Crippen LogP contribution in [-0.2, 0) is 6.18 Å². The van der Waals surface area contributed by atoms with Gasteiger partial charge in [-0.15, -0.1) is 0 Å². The third kappa shape index (κ3) is 5.37. The lowest BCUT2D eigenvalue weighted by Crippen LogP contribution is -2.11. The van der Waals surface area contributed by atoms with Crippen LogP contribution in [-0.4, -0.2) is 17.7 Å². The number of nitrogens with zero attached hydrogens (tertiary/aromatic N) is 1. The molecule has 0 saturated carbocycles. The Morgan fingerprint density at radius 1 is 1.13 bits per heavy atom. The highest BCUT2D eigenvalue weighted by molar-refractivity contribution is 7.80. The van der Waals surface area contributed by atoms with Crippen molar-refractivity contribution in [3.05, 3.63) is 59.7 Å². The van der Waals surface area contributed by atoms with Gasteiger partial charge in [0.05, 0.1) is 17.1 Å². The van der Waals surface area contributed by atoms with Gasteiger partial charge >= 0.3 is 6.18 Å². The third-order valence-electron chi connectivity index (χ3n) is 2.76. The van der Waals surface area contributed by atoms with Gasteiger partial charge in [0.15, 0.2) is 0 Å². The fraction of sp³-hybridized carbons (Fsp3) is 0.125. The average Bonchev–Trinajstić information content (AvgIpc) is 2.48. The first-order valence-electron chi connectivity index (χ1n) is 6.58. The molecule has 2 aromatic carbocycles. The van der Waals surface area contributed by atoms with E-state index in [1.165, 1.54) is 12.1 Å². The summed E-state index contributed by atoms with van der Waals surface area (Å²) in [4.78, 5) is 4.33. The summed E-state index contributed by atoms with van der Waals surface area (Å²) in [7, 11) is 0. The summed E-state index contributed by atoms with van der Waals surface area (Å²) in [5.74, 6) is 0.547. The molecule has 0 unspecified atom stereocenters. The molecule has 3 nitrogen and oxygen atoms in total. The van der Waals surface area contributed by atoms with Gasteiger partial charge in [-0.25, -0.2) is 0 Å². The standard InChI is InChI=1S/C16H13F3N2OS/c17-16(18,19)12-2-1-3-14(8-12)22-13-6-4-11(5-7-13)9-21-10-15(20)23/h1-9H,10H2,(H2,20,23). The first-order valence-corrected chi connectivity index (χ1v) is 6.99. The molecule has 0 spiro atoms. The van der Waals surface area contributed by atoms with E-state index in [1.807, 2.05) is 0 Å². The predicted octanol–water partition coefficient (Wildman–Crippen LogP) is 4.20. The summed E-state index contributed by atoms with van der Waals surface area (Å²) >= 11 is 4.71. The number of halogens is 3. The van der Waals surface area contributed by atoms with Gasteiger partial charge in [-0.05, 0) is 48.0 Å². The van der Waals surface area contributed by atoms with Crippen LogP contribution in [0.1, 0.15) is 11.1 Å². The zero-order chi connectivity index (χ0) is 16.9. The van der Waals surface area contributed by atoms with Gasteiger partial charge in [-0.2, -0.15) is 13.2 Å². The van der Waals surface area contributed by atoms with Crippen LogP contribution >= 0.6 is 12.2 Å². The number of nitrogens with two attached hydrogens (primary N) is 1. The maximum absolute atomic E-state index is 12.6. The zero-order valence-electron chi connectivity index (χ0n) is 11.9. The van der Waals surface area contributed by atoms with Crippen molar-refractivity contribution in [3.8, 4) is 11.5 Å². The Morgan fingerprint density at radius 2 is 1.83 bits per heavy atom. The van der Waals surface area contributed by atoms with E-state index in [9.17, 15) is 13.2 Å². The number of aliphatic imine (C=N–C) groups is 1. The highest BCUT2D eigenvalue weighted by Gasteiger charge is 2.30. The van der Waals surface area contributed by atoms with E-state index in [0.29, 0.717) is 10.7 Å². The lowest BCUT2D eigenvalue weighted by atomic mass is 10.2. The van der Waals surface area contributed by atoms with Gasteiger partial charge in [-0.3, -0.25) is 4.99 Å². The Kier molecular flexibility index (Phi) is 5.33. The molecule has 0 aliphatic rings. The monoisotopic (exact) mass is 338 g/mol. The second kappa shape index (κ2) is 7.23. The van der Waals surface area contributed by atoms with Crippen molar-refractivity contribution in [1.29, 1.82) is 0 Å². The number of rotatable bonds is 5. The molecule has 0 saturated heterocycles. The highest BCUT2D eigenvalue weighted by atomic mass is 32.1. The van der Waals surface area contributed by atoms with Crippen LogP contribution in [0.15, 0.2) is 53.5 Å². The Bertz CT molecular complexity index is 712. The van der Waals surface area contributed by atoms with Crippen molar-refractivity contribution in [1.82, 2.24) is 0 Å². The highest BCUT2D eigenvalue weighted by Crippen LogP contribution is 2.32. The summed E-state index contributed by atoms with van der Waals surface area (Å²) < 4.78 is 43.4. The number of hydrogen-bond donors (Lipinski definition) is 1. The molecule has 0 atom stereocenters. The number of ether oxygens (including phenoxy) is 1. The van der Waals surface area contributed by atoms with E-state index < -0.39 is 11.7 Å². The van der Waals surface area contributed by atoms with Gasteiger partial charge in [0.1, 0.15) is 11.5 Å². The van der Waals surface area contributed by atoms with Gasteiger partial charge in [0.25, 0.3) is 0 Å². The van der Waals surface area contributed by atoms with Crippen LogP contribution in [0.4, 0.5) is 13.2 Å². The van der Waals surface area contributed by atoms with Crippen molar-refractivity contribution in [2.24, 2.45) is 10.7 Å². The quantitative estimate of drug-likeness (QED) is 0.656. The van der Waals surface area contributed by atoms with Crippen molar-refractivity contribution in [2.75, 3.05) is 6.54 Å². The van der Waals surface area contributed by atoms with E-state index in [1.54, 1.807) is 30.5 Å². The molecule has 2 aromatic rings. The van der Waals surface area contributed by atoms with Crippen LogP contribution in [0.2, 0.25) is 0 Å². The second-order valence-electron chi connectivity index (χ2n) is 4.63. The first kappa shape index (κ1) is 17.0. The topological polar surface area (TPSA) is 47.6 Å². The summed E-state index contributed by atoms with van der Waals surface area (Å²) in [6.07, 6.45) is -2.80. The lowest BCUT2D eigenvalue weighted by Gasteiger charge is -2.10. The van der Waals surface area contributed by atoms with E-state index in [2.05, 4.69) is 4.99 Å². The first-order chi connectivity index (χ1) is 10.8. The van der Waals surface area contributed by atoms with Crippen molar-refractivity contribution >= 4 is 23.4 Å². The molecular formula is C16H13F3N2OS. The number of alkyl halides is 3. The molecule has 0 aromatic heterocycles. The van der Waals surface area contributed by atoms with Crippen molar-refractivity contribution in [2.45, 2.75) is 6.18 Å². The molecule has 23 heavy (non-hydrogen) atoms. The van der Waals surface area contributed by atoms with Crippen molar-refractivity contribution in [3.63, 3.8) is 0 Å². The summed E-state index contributed by atoms with van der Waals surface area (Å²) in [5.41, 5.74) is 5.38. The lowest BCUT2D eigenvalue weighted by molar-refractivity contribution is -0.137. The van der Waals surface area contributed by atoms with Gasteiger partial charge in [-0.1, -0.05) is 18.3 Å². The van der Waals surface area contributed by atoms with Gasteiger partial charge in [0, 0.05) is 6.21 Å². The fourth-order valence-corrected chi connectivity index (χ4v) is 1.81. The third-order valence-corrected chi connectivity index (χ3v) is 2.89. The molecule has 0 radical (unpaired) electrons. The molecule has 7 heteroatoms. The molecule has 0 aliphatic heterocycles. The molecule has 2 rings (SSSR count). The molecular weight excluding hydrogens is 325 g/mol. The summed E-state index contributed by atoms with van der Waals surface area (Å²) in [6.45, 7) is 0.262. The smallest absolute Gasteiger partial charge is 0.416 e. The zero-order valence-corrected chi connectivity index (χ0v) is 12.7. The largest absolute Gasteiger partial charge is 0.457 e. The summed E-state index contributed by atoms with van der Waals surface area (Å²) in [5, 5.41) is 0.